The van der Waals surface area contributed by atoms with Gasteiger partial charge in [0.15, 0.2) is 0 Å². The van der Waals surface area contributed by atoms with Crippen LogP contribution in [0.15, 0.2) is 46.2 Å². The first-order chi connectivity index (χ1) is 12.0. The summed E-state index contributed by atoms with van der Waals surface area (Å²) in [5.41, 5.74) is 5.89. The summed E-state index contributed by atoms with van der Waals surface area (Å²) in [6.07, 6.45) is 0.831. The largest absolute Gasteiger partial charge is 0.386 e. The van der Waals surface area contributed by atoms with Crippen molar-refractivity contribution in [1.82, 2.24) is 0 Å². The number of fused-ring (bicyclic) bond motifs is 6. The molecule has 3 aromatic carbocycles. The van der Waals surface area contributed by atoms with Crippen molar-refractivity contribution in [2.45, 2.75) is 30.1 Å². The molecule has 0 unspecified atom stereocenters. The van der Waals surface area contributed by atoms with Gasteiger partial charge in [0.25, 0.3) is 0 Å². The number of hydrogen-bond donors (Lipinski definition) is 0. The summed E-state index contributed by atoms with van der Waals surface area (Å²) in [5.74, 6) is -1.09. The minimum Gasteiger partial charge on any atom is -0.386 e. The average Bonchev–Trinajstić information content (AvgIpc) is 2.88. The smallest absolute Gasteiger partial charge is 0.347 e. The summed E-state index contributed by atoms with van der Waals surface area (Å²) in [6, 6.07) is 12.2. The molecule has 2 aliphatic rings. The van der Waals surface area contributed by atoms with Crippen LogP contribution in [0, 0.1) is 13.8 Å². The number of ether oxygens (including phenoxy) is 1. The van der Waals surface area contributed by atoms with Gasteiger partial charge in [0.05, 0.1) is 11.1 Å². The Kier molecular flexibility index (Phi) is 2.92. The van der Waals surface area contributed by atoms with Gasteiger partial charge >= 0.3 is 11.9 Å². The Morgan fingerprint density at radius 1 is 0.880 bits per heavy atom. The molecule has 0 spiro atoms. The summed E-state index contributed by atoms with van der Waals surface area (Å²) in [7, 11) is 0. The Balaban J connectivity index is 1.75. The van der Waals surface area contributed by atoms with E-state index in [9.17, 15) is 9.59 Å². The number of carbonyl (C=O) groups excluding carboxylic acids is 2. The number of hydrogen-bond acceptors (Lipinski definition) is 4. The number of esters is 2. The van der Waals surface area contributed by atoms with E-state index in [2.05, 4.69) is 32.0 Å². The standard InChI is InChI=1S/C21H14O3S/c1-10-7-12-9-16-13-3-4-15-19(21(23)24-20(15)22)14(13)5-6-17(16)25-18(12)8-11(10)2/h3-8H,9H2,1-2H3. The highest BCUT2D eigenvalue weighted by Gasteiger charge is 2.32. The minimum absolute atomic E-state index is 0.368. The molecule has 0 aliphatic carbocycles. The quantitative estimate of drug-likeness (QED) is 0.338. The van der Waals surface area contributed by atoms with E-state index in [0.29, 0.717) is 11.1 Å². The van der Waals surface area contributed by atoms with Crippen LogP contribution in [-0.4, -0.2) is 11.9 Å². The zero-order chi connectivity index (χ0) is 17.3. The highest BCUT2D eigenvalue weighted by molar-refractivity contribution is 7.99. The number of aryl methyl sites for hydroxylation is 2. The highest BCUT2D eigenvalue weighted by Crippen LogP contribution is 2.44. The molecule has 2 aliphatic heterocycles. The topological polar surface area (TPSA) is 43.4 Å². The van der Waals surface area contributed by atoms with Gasteiger partial charge in [0, 0.05) is 16.2 Å². The van der Waals surface area contributed by atoms with Gasteiger partial charge in [-0.1, -0.05) is 30.0 Å². The molecule has 0 saturated heterocycles. The molecule has 5 rings (SSSR count). The molecule has 0 fully saturated rings. The van der Waals surface area contributed by atoms with E-state index in [1.54, 1.807) is 17.8 Å². The van der Waals surface area contributed by atoms with E-state index in [1.165, 1.54) is 32.0 Å². The second-order valence-corrected chi connectivity index (χ2v) is 7.71. The van der Waals surface area contributed by atoms with Crippen molar-refractivity contribution in [2.24, 2.45) is 0 Å². The molecule has 3 aromatic rings. The third-order valence-electron chi connectivity index (χ3n) is 5.14. The summed E-state index contributed by atoms with van der Waals surface area (Å²) >= 11 is 1.77. The van der Waals surface area contributed by atoms with Crippen LogP contribution in [0.3, 0.4) is 0 Å². The third-order valence-corrected chi connectivity index (χ3v) is 6.35. The van der Waals surface area contributed by atoms with E-state index in [4.69, 9.17) is 4.74 Å². The van der Waals surface area contributed by atoms with Gasteiger partial charge in [-0.3, -0.25) is 0 Å². The van der Waals surface area contributed by atoms with Crippen molar-refractivity contribution in [2.75, 3.05) is 0 Å². The summed E-state index contributed by atoms with van der Waals surface area (Å²) in [6.45, 7) is 4.27. The van der Waals surface area contributed by atoms with Gasteiger partial charge in [0.1, 0.15) is 0 Å². The summed E-state index contributed by atoms with van der Waals surface area (Å²) in [5, 5.41) is 1.83. The maximum atomic E-state index is 12.1. The molecule has 122 valence electrons. The maximum absolute atomic E-state index is 12.1. The summed E-state index contributed by atoms with van der Waals surface area (Å²) < 4.78 is 4.79. The molecule has 25 heavy (non-hydrogen) atoms. The fourth-order valence-electron chi connectivity index (χ4n) is 3.70. The van der Waals surface area contributed by atoms with Crippen molar-refractivity contribution in [3.05, 3.63) is 69.8 Å². The first-order valence-corrected chi connectivity index (χ1v) is 8.97. The van der Waals surface area contributed by atoms with Crippen molar-refractivity contribution in [1.29, 1.82) is 0 Å². The van der Waals surface area contributed by atoms with Gasteiger partial charge < -0.3 is 4.74 Å². The molecule has 2 heterocycles. The highest BCUT2D eigenvalue weighted by atomic mass is 32.2. The number of cyclic esters (lactones) is 2. The Morgan fingerprint density at radius 3 is 2.48 bits per heavy atom. The van der Waals surface area contributed by atoms with Crippen LogP contribution in [0.25, 0.3) is 10.8 Å². The molecule has 0 aromatic heterocycles. The minimum atomic E-state index is -0.551. The van der Waals surface area contributed by atoms with Gasteiger partial charge in [0.2, 0.25) is 0 Å². The predicted octanol–water partition coefficient (Wildman–Crippen LogP) is 4.82. The van der Waals surface area contributed by atoms with Crippen molar-refractivity contribution in [3.8, 4) is 0 Å². The molecule has 0 N–H and O–H groups in total. The lowest BCUT2D eigenvalue weighted by Crippen LogP contribution is -2.03. The van der Waals surface area contributed by atoms with Gasteiger partial charge in [-0.25, -0.2) is 9.59 Å². The van der Waals surface area contributed by atoms with E-state index in [-0.39, 0.29) is 0 Å². The first kappa shape index (κ1) is 14.7. The van der Waals surface area contributed by atoms with E-state index in [1.807, 2.05) is 12.1 Å². The molecule has 0 amide bonds. The Morgan fingerprint density at radius 2 is 1.64 bits per heavy atom. The fraction of sp³-hybridized carbons (Fsp3) is 0.143. The maximum Gasteiger partial charge on any atom is 0.347 e. The average molecular weight is 346 g/mol. The number of rotatable bonds is 0. The van der Waals surface area contributed by atoms with Crippen LogP contribution in [-0.2, 0) is 11.2 Å². The van der Waals surface area contributed by atoms with Gasteiger partial charge in [-0.05, 0) is 65.1 Å². The molecular weight excluding hydrogens is 332 g/mol. The normalized spacial score (nSPS) is 15.0. The van der Waals surface area contributed by atoms with Gasteiger partial charge in [-0.15, -0.1) is 0 Å². The third kappa shape index (κ3) is 2.01. The van der Waals surface area contributed by atoms with Crippen molar-refractivity contribution >= 4 is 34.5 Å². The SMILES string of the molecule is Cc1cc2c(cc1C)Sc1ccc3c4c(ccc3c1C2)C(=O)OC4=O. The lowest BCUT2D eigenvalue weighted by Gasteiger charge is -2.22. The predicted molar refractivity (Wildman–Crippen MR) is 96.5 cm³/mol. The zero-order valence-electron chi connectivity index (χ0n) is 13.8. The van der Waals surface area contributed by atoms with Crippen LogP contribution >= 0.6 is 11.8 Å². The molecule has 3 nitrogen and oxygen atoms in total. The molecular formula is C21H14O3S. The lowest BCUT2D eigenvalue weighted by atomic mass is 9.92. The number of carbonyl (C=O) groups is 2. The van der Waals surface area contributed by atoms with Gasteiger partial charge in [-0.2, -0.15) is 0 Å². The van der Waals surface area contributed by atoms with Crippen LogP contribution in [0.2, 0.25) is 0 Å². The van der Waals surface area contributed by atoms with Crippen molar-refractivity contribution in [3.63, 3.8) is 0 Å². The fourth-order valence-corrected chi connectivity index (χ4v) is 4.87. The molecule has 4 heteroatoms. The monoisotopic (exact) mass is 346 g/mol. The van der Waals surface area contributed by atoms with E-state index >= 15 is 0 Å². The molecule has 0 bridgehead atoms. The molecule has 0 radical (unpaired) electrons. The second-order valence-electron chi connectivity index (χ2n) is 6.63. The second kappa shape index (κ2) is 4.96. The lowest BCUT2D eigenvalue weighted by molar-refractivity contribution is 0.0444. The molecule has 0 saturated carbocycles. The van der Waals surface area contributed by atoms with Crippen LogP contribution in [0.4, 0.5) is 0 Å². The van der Waals surface area contributed by atoms with Crippen LogP contribution in [0.5, 0.6) is 0 Å². The van der Waals surface area contributed by atoms with Crippen molar-refractivity contribution < 1.29 is 14.3 Å². The Labute approximate surface area is 149 Å². The Bertz CT molecular complexity index is 1130. The first-order valence-electron chi connectivity index (χ1n) is 8.16. The zero-order valence-corrected chi connectivity index (χ0v) is 14.6. The van der Waals surface area contributed by atoms with E-state index < -0.39 is 11.9 Å². The Hall–Kier alpha value is -2.59. The van der Waals surface area contributed by atoms with E-state index in [0.717, 1.165) is 17.2 Å². The van der Waals surface area contributed by atoms with Crippen LogP contribution in [0.1, 0.15) is 43.0 Å². The van der Waals surface area contributed by atoms with Crippen LogP contribution < -0.4 is 0 Å². The number of benzene rings is 3. The molecule has 0 atom stereocenters. The summed E-state index contributed by atoms with van der Waals surface area (Å²) in [4.78, 5) is 26.4.